The van der Waals surface area contributed by atoms with Gasteiger partial charge in [0.1, 0.15) is 5.84 Å². The molecule has 4 heteroatoms. The lowest BCUT2D eigenvalue weighted by molar-refractivity contribution is -0.0000363. The molecule has 0 saturated heterocycles. The van der Waals surface area contributed by atoms with Gasteiger partial charge in [-0.1, -0.05) is 66.3 Å². The Labute approximate surface area is 155 Å². The number of hydrogen-bond donors (Lipinski definition) is 1. The first-order chi connectivity index (χ1) is 12.7. The average molecular weight is 347 g/mol. The largest absolute Gasteiger partial charge is 0.387 e. The van der Waals surface area contributed by atoms with E-state index in [-0.39, 0.29) is 11.6 Å². The van der Waals surface area contributed by atoms with Crippen LogP contribution >= 0.6 is 0 Å². The molecule has 0 aliphatic carbocycles. The first-order valence-corrected chi connectivity index (χ1v) is 9.19. The third kappa shape index (κ3) is 3.07. The van der Waals surface area contributed by atoms with Crippen LogP contribution in [0.15, 0.2) is 72.5 Å². The predicted octanol–water partition coefficient (Wildman–Crippen LogP) is 3.86. The zero-order valence-corrected chi connectivity index (χ0v) is 15.2. The summed E-state index contributed by atoms with van der Waals surface area (Å²) in [4.78, 5) is 8.23. The molecule has 1 N–H and O–H groups in total. The molecule has 0 fully saturated rings. The smallest absolute Gasteiger partial charge is 0.159 e. The molecule has 4 nitrogen and oxygen atoms in total. The Morgan fingerprint density at radius 3 is 2.81 bits per heavy atom. The van der Waals surface area contributed by atoms with E-state index in [9.17, 15) is 0 Å². The van der Waals surface area contributed by atoms with Crippen LogP contribution in [0.1, 0.15) is 36.1 Å². The molecule has 0 spiro atoms. The van der Waals surface area contributed by atoms with Gasteiger partial charge in [-0.2, -0.15) is 0 Å². The fourth-order valence-electron chi connectivity index (χ4n) is 3.94. The maximum absolute atomic E-state index is 5.82. The van der Waals surface area contributed by atoms with Gasteiger partial charge in [0.15, 0.2) is 5.60 Å². The summed E-state index contributed by atoms with van der Waals surface area (Å²) in [5.74, 6) is 1.03. The van der Waals surface area contributed by atoms with Crippen molar-refractivity contribution in [3.63, 3.8) is 0 Å². The van der Waals surface area contributed by atoms with Crippen LogP contribution in [0.5, 0.6) is 0 Å². The van der Waals surface area contributed by atoms with E-state index in [0.29, 0.717) is 6.54 Å². The van der Waals surface area contributed by atoms with Gasteiger partial charge in [-0.15, -0.1) is 0 Å². The summed E-state index contributed by atoms with van der Waals surface area (Å²) in [5, 5.41) is 7.64. The Kier molecular flexibility index (Phi) is 4.41. The van der Waals surface area contributed by atoms with Gasteiger partial charge in [-0.3, -0.25) is 0 Å². The van der Waals surface area contributed by atoms with Crippen molar-refractivity contribution in [2.24, 2.45) is 5.16 Å². The molecule has 2 aromatic carbocycles. The van der Waals surface area contributed by atoms with Crippen LogP contribution in [0, 0.1) is 0 Å². The number of hydrogen-bond acceptors (Lipinski definition) is 4. The van der Waals surface area contributed by atoms with E-state index in [1.807, 2.05) is 0 Å². The van der Waals surface area contributed by atoms with Crippen LogP contribution in [0.3, 0.4) is 0 Å². The van der Waals surface area contributed by atoms with Crippen LogP contribution in [0.25, 0.3) is 0 Å². The molecule has 2 aliphatic rings. The Morgan fingerprint density at radius 1 is 1.23 bits per heavy atom. The first-order valence-electron chi connectivity index (χ1n) is 9.19. The average Bonchev–Trinajstić information content (AvgIpc) is 3.08. The van der Waals surface area contributed by atoms with Crippen molar-refractivity contribution >= 4 is 5.84 Å². The van der Waals surface area contributed by atoms with Crippen LogP contribution in [-0.4, -0.2) is 29.4 Å². The van der Waals surface area contributed by atoms with Crippen molar-refractivity contribution in [1.82, 2.24) is 10.2 Å². The van der Waals surface area contributed by atoms with Crippen molar-refractivity contribution in [3.8, 4) is 0 Å². The van der Waals surface area contributed by atoms with Gasteiger partial charge in [-0.25, -0.2) is 0 Å². The number of rotatable bonds is 4. The van der Waals surface area contributed by atoms with E-state index < -0.39 is 0 Å². The molecule has 0 saturated carbocycles. The number of nitrogens with zero attached hydrogens (tertiary/aromatic N) is 2. The molecule has 0 bridgehead atoms. The van der Waals surface area contributed by atoms with Crippen LogP contribution < -0.4 is 5.32 Å². The quantitative estimate of drug-likeness (QED) is 0.912. The van der Waals surface area contributed by atoms with Crippen molar-refractivity contribution < 1.29 is 4.84 Å². The zero-order chi connectivity index (χ0) is 18.0. The molecular formula is C22H25N3O. The summed E-state index contributed by atoms with van der Waals surface area (Å²) in [5.41, 5.74) is 3.75. The zero-order valence-electron chi connectivity index (χ0n) is 15.2. The van der Waals surface area contributed by atoms with E-state index in [1.165, 1.54) is 16.7 Å². The predicted molar refractivity (Wildman–Crippen MR) is 105 cm³/mol. The third-order valence-electron chi connectivity index (χ3n) is 5.25. The van der Waals surface area contributed by atoms with Gasteiger partial charge >= 0.3 is 0 Å². The minimum absolute atomic E-state index is 0.179. The molecule has 0 aromatic heterocycles. The summed E-state index contributed by atoms with van der Waals surface area (Å²) >= 11 is 0. The summed E-state index contributed by atoms with van der Waals surface area (Å²) in [6, 6.07) is 19.6. The normalized spacial score (nSPS) is 24.4. The van der Waals surface area contributed by atoms with Gasteiger partial charge in [-0.05, 0) is 36.2 Å². The number of oxime groups is 1. The first kappa shape index (κ1) is 16.7. The molecule has 4 rings (SSSR count). The highest BCUT2D eigenvalue weighted by molar-refractivity contribution is 5.85. The van der Waals surface area contributed by atoms with Crippen molar-refractivity contribution in [2.45, 2.75) is 31.4 Å². The molecule has 0 unspecified atom stereocenters. The standard InChI is InChI=1S/C22H25N3O/c1-3-23-16-22(2)15-20(24-26-22)25-14-13-17-9-7-8-12-19(17)21(25)18-10-5-4-6-11-18/h3-12,21,23H,1,13-16H2,2H3/t21-,22-/m0/s1. The molecule has 26 heavy (non-hydrogen) atoms. The van der Waals surface area contributed by atoms with E-state index in [4.69, 9.17) is 4.84 Å². The molecular weight excluding hydrogens is 322 g/mol. The number of amidine groups is 1. The second-order valence-corrected chi connectivity index (χ2v) is 7.27. The Morgan fingerprint density at radius 2 is 2.00 bits per heavy atom. The maximum Gasteiger partial charge on any atom is 0.159 e. The second kappa shape index (κ2) is 6.87. The Hall–Kier alpha value is -2.75. The molecule has 0 radical (unpaired) electrons. The Bertz CT molecular complexity index is 817. The maximum atomic E-state index is 5.82. The third-order valence-corrected chi connectivity index (χ3v) is 5.25. The van der Waals surface area contributed by atoms with E-state index in [1.54, 1.807) is 6.20 Å². The minimum atomic E-state index is -0.332. The molecule has 2 aromatic rings. The van der Waals surface area contributed by atoms with Crippen LogP contribution in [-0.2, 0) is 11.3 Å². The van der Waals surface area contributed by atoms with Gasteiger partial charge in [0.05, 0.1) is 19.0 Å². The monoisotopic (exact) mass is 347 g/mol. The molecule has 2 aliphatic heterocycles. The fourth-order valence-corrected chi connectivity index (χ4v) is 3.94. The molecule has 134 valence electrons. The SMILES string of the molecule is C=CNC[C@]1(C)CC(N2CCc3ccccc3[C@@H]2c2ccccc2)=NO1. The summed E-state index contributed by atoms with van der Waals surface area (Å²) in [7, 11) is 0. The fraction of sp³-hybridized carbons (Fsp3) is 0.318. The number of benzene rings is 2. The molecule has 2 atom stereocenters. The summed E-state index contributed by atoms with van der Waals surface area (Å²) < 4.78 is 0. The topological polar surface area (TPSA) is 36.9 Å². The minimum Gasteiger partial charge on any atom is -0.387 e. The highest BCUT2D eigenvalue weighted by Crippen LogP contribution is 2.38. The van der Waals surface area contributed by atoms with E-state index in [2.05, 4.69) is 83.5 Å². The second-order valence-electron chi connectivity index (χ2n) is 7.27. The Balaban J connectivity index is 1.67. The van der Waals surface area contributed by atoms with Gasteiger partial charge in [0, 0.05) is 6.54 Å². The van der Waals surface area contributed by atoms with Crippen LogP contribution in [0.4, 0.5) is 0 Å². The highest BCUT2D eigenvalue weighted by atomic mass is 16.7. The van der Waals surface area contributed by atoms with Crippen molar-refractivity contribution in [1.29, 1.82) is 0 Å². The lowest BCUT2D eigenvalue weighted by atomic mass is 9.87. The van der Waals surface area contributed by atoms with Gasteiger partial charge < -0.3 is 15.1 Å². The van der Waals surface area contributed by atoms with Gasteiger partial charge in [0.2, 0.25) is 0 Å². The lowest BCUT2D eigenvalue weighted by Gasteiger charge is -2.39. The summed E-state index contributed by atoms with van der Waals surface area (Å²) in [6.45, 7) is 7.46. The van der Waals surface area contributed by atoms with Gasteiger partial charge in [0.25, 0.3) is 0 Å². The van der Waals surface area contributed by atoms with Crippen LogP contribution in [0.2, 0.25) is 0 Å². The van der Waals surface area contributed by atoms with Crippen molar-refractivity contribution in [2.75, 3.05) is 13.1 Å². The summed E-state index contributed by atoms with van der Waals surface area (Å²) in [6.07, 6.45) is 3.52. The van der Waals surface area contributed by atoms with Crippen molar-refractivity contribution in [3.05, 3.63) is 84.1 Å². The van der Waals surface area contributed by atoms with E-state index >= 15 is 0 Å². The van der Waals surface area contributed by atoms with E-state index in [0.717, 1.165) is 25.2 Å². The number of nitrogens with one attached hydrogen (secondary N) is 1. The molecule has 0 amide bonds. The molecule has 2 heterocycles. The highest BCUT2D eigenvalue weighted by Gasteiger charge is 2.40. The lowest BCUT2D eigenvalue weighted by Crippen LogP contribution is -2.43. The number of fused-ring (bicyclic) bond motifs is 1.